The molecule has 5 nitrogen and oxygen atoms in total. The fraction of sp³-hybridized carbons (Fsp3) is 0.111. The number of nitrogens with one attached hydrogen (secondary N) is 1. The molecule has 1 aliphatic rings. The number of halogens is 2. The number of ether oxygens (including phenoxy) is 2. The maximum atomic E-state index is 12.5. The Morgan fingerprint density at radius 3 is 2.76 bits per heavy atom. The van der Waals surface area contributed by atoms with Crippen LogP contribution >= 0.6 is 27.5 Å². The SMILES string of the molecule is Cc1cccc(Cl)c1NC(=O)/C(C#N)=C/c1cc2c(cc1Br)OCO2. The van der Waals surface area contributed by atoms with Crippen LogP contribution in [0.5, 0.6) is 11.5 Å². The predicted octanol–water partition coefficient (Wildman–Crippen LogP) is 4.69. The molecule has 126 valence electrons. The van der Waals surface area contributed by atoms with Gasteiger partial charge in [-0.05, 0) is 42.3 Å². The average molecular weight is 420 g/mol. The van der Waals surface area contributed by atoms with E-state index in [0.717, 1.165) is 5.56 Å². The van der Waals surface area contributed by atoms with Crippen LogP contribution in [-0.2, 0) is 4.79 Å². The Hall–Kier alpha value is -2.49. The summed E-state index contributed by atoms with van der Waals surface area (Å²) in [4.78, 5) is 12.5. The van der Waals surface area contributed by atoms with Crippen molar-refractivity contribution in [3.05, 3.63) is 56.5 Å². The first-order valence-corrected chi connectivity index (χ1v) is 8.44. The number of amides is 1. The third kappa shape index (κ3) is 3.63. The highest BCUT2D eigenvalue weighted by molar-refractivity contribution is 9.10. The molecule has 1 N–H and O–H groups in total. The van der Waals surface area contributed by atoms with Crippen molar-refractivity contribution in [2.24, 2.45) is 0 Å². The van der Waals surface area contributed by atoms with Crippen LogP contribution in [0, 0.1) is 18.3 Å². The number of nitriles is 1. The molecule has 2 aromatic carbocycles. The minimum atomic E-state index is -0.539. The molecule has 0 radical (unpaired) electrons. The monoisotopic (exact) mass is 418 g/mol. The second kappa shape index (κ2) is 7.18. The van der Waals surface area contributed by atoms with Gasteiger partial charge in [0.05, 0.1) is 10.7 Å². The Morgan fingerprint density at radius 1 is 1.36 bits per heavy atom. The molecule has 7 heteroatoms. The van der Waals surface area contributed by atoms with Crippen LogP contribution in [0.4, 0.5) is 5.69 Å². The summed E-state index contributed by atoms with van der Waals surface area (Å²) in [7, 11) is 0. The number of benzene rings is 2. The summed E-state index contributed by atoms with van der Waals surface area (Å²) < 4.78 is 11.3. The van der Waals surface area contributed by atoms with Gasteiger partial charge in [0.2, 0.25) is 6.79 Å². The highest BCUT2D eigenvalue weighted by Crippen LogP contribution is 2.37. The van der Waals surface area contributed by atoms with Gasteiger partial charge in [0.25, 0.3) is 5.91 Å². The zero-order valence-electron chi connectivity index (χ0n) is 13.1. The van der Waals surface area contributed by atoms with E-state index in [1.807, 2.05) is 19.1 Å². The molecule has 3 rings (SSSR count). The van der Waals surface area contributed by atoms with Gasteiger partial charge < -0.3 is 14.8 Å². The topological polar surface area (TPSA) is 71.4 Å². The average Bonchev–Trinajstić information content (AvgIpc) is 3.02. The second-order valence-electron chi connectivity index (χ2n) is 5.28. The first-order valence-electron chi connectivity index (χ1n) is 7.27. The molecule has 0 atom stereocenters. The summed E-state index contributed by atoms with van der Waals surface area (Å²) in [6, 6.07) is 10.6. The smallest absolute Gasteiger partial charge is 0.266 e. The molecule has 0 saturated carbocycles. The molecule has 0 aliphatic carbocycles. The van der Waals surface area contributed by atoms with Crippen LogP contribution in [0.3, 0.4) is 0 Å². The number of hydrogen-bond donors (Lipinski definition) is 1. The van der Waals surface area contributed by atoms with E-state index in [0.29, 0.717) is 32.2 Å². The van der Waals surface area contributed by atoms with Gasteiger partial charge in [0, 0.05) is 4.47 Å². The molecule has 0 aromatic heterocycles. The van der Waals surface area contributed by atoms with Crippen molar-refractivity contribution in [1.29, 1.82) is 5.26 Å². The maximum Gasteiger partial charge on any atom is 0.266 e. The van der Waals surface area contributed by atoms with Gasteiger partial charge >= 0.3 is 0 Å². The summed E-state index contributed by atoms with van der Waals surface area (Å²) in [5, 5.41) is 12.5. The number of carbonyl (C=O) groups excluding carboxylic acids is 1. The molecular formula is C18H12BrClN2O3. The Labute approximate surface area is 157 Å². The van der Waals surface area contributed by atoms with E-state index < -0.39 is 5.91 Å². The fourth-order valence-electron chi connectivity index (χ4n) is 2.32. The number of para-hydroxylation sites is 1. The van der Waals surface area contributed by atoms with Crippen molar-refractivity contribution in [3.8, 4) is 17.6 Å². The molecule has 0 spiro atoms. The number of hydrogen-bond acceptors (Lipinski definition) is 4. The third-order valence-corrected chi connectivity index (χ3v) is 4.62. The molecule has 25 heavy (non-hydrogen) atoms. The number of fused-ring (bicyclic) bond motifs is 1. The molecule has 2 aromatic rings. The molecule has 1 aliphatic heterocycles. The molecule has 0 fully saturated rings. The molecule has 1 amide bonds. The lowest BCUT2D eigenvalue weighted by Crippen LogP contribution is -2.14. The van der Waals surface area contributed by atoms with Crippen LogP contribution in [-0.4, -0.2) is 12.7 Å². The van der Waals surface area contributed by atoms with Gasteiger partial charge in [0.15, 0.2) is 11.5 Å². The summed E-state index contributed by atoms with van der Waals surface area (Å²) in [5.74, 6) is 0.635. The molecule has 0 unspecified atom stereocenters. The van der Waals surface area contributed by atoms with Crippen molar-refractivity contribution < 1.29 is 14.3 Å². The van der Waals surface area contributed by atoms with Gasteiger partial charge in [-0.2, -0.15) is 5.26 Å². The fourth-order valence-corrected chi connectivity index (χ4v) is 3.02. The lowest BCUT2D eigenvalue weighted by Gasteiger charge is -2.10. The summed E-state index contributed by atoms with van der Waals surface area (Å²) in [6.07, 6.45) is 1.48. The number of aryl methyl sites for hydroxylation is 1. The predicted molar refractivity (Wildman–Crippen MR) is 98.7 cm³/mol. The summed E-state index contributed by atoms with van der Waals surface area (Å²) in [6.45, 7) is 1.97. The second-order valence-corrected chi connectivity index (χ2v) is 6.54. The van der Waals surface area contributed by atoms with Crippen molar-refractivity contribution in [1.82, 2.24) is 0 Å². The number of carbonyl (C=O) groups is 1. The third-order valence-electron chi connectivity index (χ3n) is 3.62. The van der Waals surface area contributed by atoms with Crippen LogP contribution < -0.4 is 14.8 Å². The normalized spacial score (nSPS) is 12.6. The number of anilines is 1. The number of rotatable bonds is 3. The largest absolute Gasteiger partial charge is 0.454 e. The maximum absolute atomic E-state index is 12.5. The van der Waals surface area contributed by atoms with E-state index in [-0.39, 0.29) is 12.4 Å². The molecule has 1 heterocycles. The van der Waals surface area contributed by atoms with Crippen molar-refractivity contribution in [2.75, 3.05) is 12.1 Å². The Balaban J connectivity index is 1.91. The van der Waals surface area contributed by atoms with Gasteiger partial charge in [-0.3, -0.25) is 4.79 Å². The number of nitrogens with zero attached hydrogens (tertiary/aromatic N) is 1. The van der Waals surface area contributed by atoms with Crippen LogP contribution in [0.25, 0.3) is 6.08 Å². The first kappa shape index (κ1) is 17.3. The van der Waals surface area contributed by atoms with Crippen LogP contribution in [0.1, 0.15) is 11.1 Å². The van der Waals surface area contributed by atoms with E-state index in [4.69, 9.17) is 21.1 Å². The molecule has 0 bridgehead atoms. The van der Waals surface area contributed by atoms with E-state index in [1.54, 1.807) is 24.3 Å². The summed E-state index contributed by atoms with van der Waals surface area (Å²) in [5.41, 5.74) is 1.87. The van der Waals surface area contributed by atoms with E-state index in [1.165, 1.54) is 6.08 Å². The Bertz CT molecular complexity index is 914. The van der Waals surface area contributed by atoms with Crippen molar-refractivity contribution in [2.45, 2.75) is 6.92 Å². The molecule has 0 saturated heterocycles. The highest BCUT2D eigenvalue weighted by atomic mass is 79.9. The van der Waals surface area contributed by atoms with Crippen LogP contribution in [0.2, 0.25) is 5.02 Å². The molecular weight excluding hydrogens is 408 g/mol. The van der Waals surface area contributed by atoms with E-state index >= 15 is 0 Å². The van der Waals surface area contributed by atoms with Gasteiger partial charge in [0.1, 0.15) is 11.6 Å². The van der Waals surface area contributed by atoms with Gasteiger partial charge in [-0.25, -0.2) is 0 Å². The minimum Gasteiger partial charge on any atom is -0.454 e. The highest BCUT2D eigenvalue weighted by Gasteiger charge is 2.18. The Morgan fingerprint density at radius 2 is 2.08 bits per heavy atom. The Kier molecular flexibility index (Phi) is 4.98. The van der Waals surface area contributed by atoms with Crippen molar-refractivity contribution >= 4 is 45.2 Å². The zero-order valence-corrected chi connectivity index (χ0v) is 15.4. The standard InChI is InChI=1S/C18H12BrClN2O3/c1-10-3-2-4-14(20)17(10)22-18(23)12(8-21)5-11-6-15-16(7-13(11)19)25-9-24-15/h2-7H,9H2,1H3,(H,22,23)/b12-5+. The minimum absolute atomic E-state index is 0.0566. The van der Waals surface area contributed by atoms with Gasteiger partial charge in [-0.15, -0.1) is 0 Å². The van der Waals surface area contributed by atoms with E-state index in [2.05, 4.69) is 21.2 Å². The lowest BCUT2D eigenvalue weighted by molar-refractivity contribution is -0.112. The van der Waals surface area contributed by atoms with Crippen molar-refractivity contribution in [3.63, 3.8) is 0 Å². The first-order chi connectivity index (χ1) is 12.0. The lowest BCUT2D eigenvalue weighted by atomic mass is 10.1. The van der Waals surface area contributed by atoms with Crippen LogP contribution in [0.15, 0.2) is 40.4 Å². The zero-order chi connectivity index (χ0) is 18.0. The van der Waals surface area contributed by atoms with Gasteiger partial charge in [-0.1, -0.05) is 39.7 Å². The van der Waals surface area contributed by atoms with E-state index in [9.17, 15) is 10.1 Å². The quantitative estimate of drug-likeness (QED) is 0.579. The summed E-state index contributed by atoms with van der Waals surface area (Å²) >= 11 is 9.52.